The first kappa shape index (κ1) is 19.6. The van der Waals surface area contributed by atoms with Crippen LogP contribution >= 0.6 is 21.2 Å². The fourth-order valence-electron chi connectivity index (χ4n) is 2.97. The van der Waals surface area contributed by atoms with Crippen molar-refractivity contribution in [3.05, 3.63) is 23.3 Å². The van der Waals surface area contributed by atoms with Gasteiger partial charge in [-0.1, -0.05) is 25.8 Å². The maximum atomic E-state index is 12.2. The number of nitrogens with zero attached hydrogens (tertiary/aromatic N) is 1. The van der Waals surface area contributed by atoms with E-state index in [1.165, 1.54) is 24.8 Å². The monoisotopic (exact) mass is 368 g/mol. The predicted octanol–water partition coefficient (Wildman–Crippen LogP) is 3.04. The number of carbonyl (C=O) groups excluding carboxylic acids is 1. The van der Waals surface area contributed by atoms with Crippen LogP contribution in [0.5, 0.6) is 5.75 Å². The van der Waals surface area contributed by atoms with Crippen LogP contribution in [0, 0.1) is 5.92 Å². The molecule has 1 unspecified atom stereocenters. The number of likely N-dealkylation sites (tertiary alicyclic amines) is 1. The summed E-state index contributed by atoms with van der Waals surface area (Å²) in [6, 6.07) is 3.97. The van der Waals surface area contributed by atoms with Crippen molar-refractivity contribution in [2.75, 3.05) is 33.0 Å². The number of ether oxygens (including phenoxy) is 1. The molecule has 0 aliphatic carbocycles. The minimum atomic E-state index is -0.0590. The van der Waals surface area contributed by atoms with Gasteiger partial charge in [0.1, 0.15) is 5.75 Å². The van der Waals surface area contributed by atoms with E-state index < -0.39 is 0 Å². The molecule has 2 rings (SSSR count). The van der Waals surface area contributed by atoms with Crippen molar-refractivity contribution in [3.63, 3.8) is 0 Å². The summed E-state index contributed by atoms with van der Waals surface area (Å²) in [6.07, 6.45) is 4.23. The van der Waals surface area contributed by atoms with Crippen LogP contribution in [-0.2, 0) is 0 Å². The Morgan fingerprint density at radius 2 is 2.08 bits per heavy atom. The number of carbonyl (C=O) groups is 1. The molecule has 0 bridgehead atoms. The molecule has 6 heteroatoms. The van der Waals surface area contributed by atoms with Gasteiger partial charge in [0, 0.05) is 11.8 Å². The van der Waals surface area contributed by atoms with E-state index in [1.54, 1.807) is 0 Å². The molecule has 1 amide bonds. The van der Waals surface area contributed by atoms with Gasteiger partial charge in [0.15, 0.2) is 0 Å². The van der Waals surface area contributed by atoms with Gasteiger partial charge < -0.3 is 9.64 Å². The highest BCUT2D eigenvalue weighted by molar-refractivity contribution is 7.97. The van der Waals surface area contributed by atoms with Crippen LogP contribution in [-0.4, -0.2) is 43.8 Å². The largest absolute Gasteiger partial charge is 0.493 e. The Kier molecular flexibility index (Phi) is 7.39. The lowest BCUT2D eigenvalue weighted by Gasteiger charge is -2.29. The van der Waals surface area contributed by atoms with E-state index in [0.29, 0.717) is 17.4 Å². The molecule has 0 spiro atoms. The van der Waals surface area contributed by atoms with Gasteiger partial charge in [-0.2, -0.15) is 0 Å². The average Bonchev–Trinajstić information content (AvgIpc) is 2.54. The molecule has 1 N–H and O–H groups in total. The summed E-state index contributed by atoms with van der Waals surface area (Å²) in [4.78, 5) is 14.6. The van der Waals surface area contributed by atoms with E-state index in [2.05, 4.69) is 39.8 Å². The standard InChI is InChI=1S/C18H29N2O2PS/c1-12(2)14-9-15(18(21)19-24-4)17(23)10-16(14)22-11-13-5-7-20(3)8-6-13/h9-10,12-13H,5-8,11,23H2,1-4H3,(H,19,21). The number of nitrogens with one attached hydrogen (secondary N) is 1. The van der Waals surface area contributed by atoms with E-state index in [4.69, 9.17) is 4.74 Å². The van der Waals surface area contributed by atoms with Crippen LogP contribution in [0.3, 0.4) is 0 Å². The van der Waals surface area contributed by atoms with Crippen molar-refractivity contribution in [2.45, 2.75) is 32.6 Å². The summed E-state index contributed by atoms with van der Waals surface area (Å²) in [5.41, 5.74) is 1.80. The van der Waals surface area contributed by atoms with Crippen molar-refractivity contribution in [1.29, 1.82) is 0 Å². The lowest BCUT2D eigenvalue weighted by atomic mass is 9.97. The molecule has 1 aliphatic rings. The number of benzene rings is 1. The van der Waals surface area contributed by atoms with Gasteiger partial charge >= 0.3 is 0 Å². The zero-order chi connectivity index (χ0) is 17.7. The van der Waals surface area contributed by atoms with E-state index in [9.17, 15) is 4.79 Å². The van der Waals surface area contributed by atoms with Crippen LogP contribution in [0.25, 0.3) is 0 Å². The molecule has 1 aromatic rings. The summed E-state index contributed by atoms with van der Waals surface area (Å²) in [5.74, 6) is 1.78. The fraction of sp³-hybridized carbons (Fsp3) is 0.611. The molecule has 1 saturated heterocycles. The first-order valence-corrected chi connectivity index (χ1v) is 10.3. The van der Waals surface area contributed by atoms with Gasteiger partial charge in [0.05, 0.1) is 6.61 Å². The Balaban J connectivity index is 2.13. The zero-order valence-electron chi connectivity index (χ0n) is 15.1. The van der Waals surface area contributed by atoms with Crippen LogP contribution < -0.4 is 14.8 Å². The van der Waals surface area contributed by atoms with Gasteiger partial charge in [0.2, 0.25) is 0 Å². The van der Waals surface area contributed by atoms with Crippen LogP contribution in [0.4, 0.5) is 0 Å². The summed E-state index contributed by atoms with van der Waals surface area (Å²) in [6.45, 7) is 7.32. The summed E-state index contributed by atoms with van der Waals surface area (Å²) in [7, 11) is 4.83. The van der Waals surface area contributed by atoms with E-state index in [0.717, 1.165) is 36.3 Å². The normalized spacial score (nSPS) is 16.4. The molecule has 0 saturated carbocycles. The zero-order valence-corrected chi connectivity index (χ0v) is 17.1. The third-order valence-electron chi connectivity index (χ3n) is 4.56. The molecule has 0 aromatic heterocycles. The van der Waals surface area contributed by atoms with Crippen molar-refractivity contribution in [3.8, 4) is 5.75 Å². The van der Waals surface area contributed by atoms with Gasteiger partial charge in [0.25, 0.3) is 5.91 Å². The molecule has 1 atom stereocenters. The smallest absolute Gasteiger partial charge is 0.261 e. The number of amides is 1. The lowest BCUT2D eigenvalue weighted by molar-refractivity contribution is 0.0985. The van der Waals surface area contributed by atoms with Crippen molar-refractivity contribution < 1.29 is 9.53 Å². The molecule has 1 aliphatic heterocycles. The minimum absolute atomic E-state index is 0.0590. The van der Waals surface area contributed by atoms with Crippen molar-refractivity contribution >= 4 is 32.4 Å². The maximum Gasteiger partial charge on any atom is 0.261 e. The highest BCUT2D eigenvalue weighted by Gasteiger charge is 2.20. The van der Waals surface area contributed by atoms with Crippen LogP contribution in [0.1, 0.15) is 48.5 Å². The molecular formula is C18H29N2O2PS. The van der Waals surface area contributed by atoms with E-state index in [-0.39, 0.29) is 5.91 Å². The molecule has 1 aromatic carbocycles. The predicted molar refractivity (Wildman–Crippen MR) is 107 cm³/mol. The Labute approximate surface area is 152 Å². The van der Waals surface area contributed by atoms with E-state index >= 15 is 0 Å². The molecule has 1 heterocycles. The maximum absolute atomic E-state index is 12.2. The summed E-state index contributed by atoms with van der Waals surface area (Å²) in [5, 5.41) is 0.879. The Bertz CT molecular complexity index is 572. The third-order valence-corrected chi connectivity index (χ3v) is 5.42. The van der Waals surface area contributed by atoms with Gasteiger partial charge in [-0.3, -0.25) is 9.52 Å². The molecule has 1 fully saturated rings. The molecular weight excluding hydrogens is 339 g/mol. The number of hydrogen-bond acceptors (Lipinski definition) is 4. The van der Waals surface area contributed by atoms with Gasteiger partial charge in [-0.25, -0.2) is 0 Å². The Morgan fingerprint density at radius 3 is 2.67 bits per heavy atom. The SMILES string of the molecule is CSNC(=O)c1cc(C(C)C)c(OCC2CCN(C)CC2)cc1P. The van der Waals surface area contributed by atoms with E-state index in [1.807, 2.05) is 18.4 Å². The Hall–Kier alpha value is -0.770. The summed E-state index contributed by atoms with van der Waals surface area (Å²) >= 11 is 1.32. The highest BCUT2D eigenvalue weighted by Crippen LogP contribution is 2.29. The van der Waals surface area contributed by atoms with Crippen molar-refractivity contribution in [2.24, 2.45) is 5.92 Å². The number of piperidine rings is 1. The molecule has 4 nitrogen and oxygen atoms in total. The fourth-order valence-corrected chi connectivity index (χ4v) is 3.63. The highest BCUT2D eigenvalue weighted by atomic mass is 32.2. The second-order valence-corrected chi connectivity index (χ2v) is 8.06. The Morgan fingerprint density at radius 1 is 1.42 bits per heavy atom. The second kappa shape index (κ2) is 9.07. The molecule has 24 heavy (non-hydrogen) atoms. The number of hydrogen-bond donors (Lipinski definition) is 1. The first-order chi connectivity index (χ1) is 11.4. The minimum Gasteiger partial charge on any atom is -0.493 e. The van der Waals surface area contributed by atoms with Gasteiger partial charge in [-0.05, 0) is 67.8 Å². The summed E-state index contributed by atoms with van der Waals surface area (Å²) < 4.78 is 8.97. The average molecular weight is 368 g/mol. The van der Waals surface area contributed by atoms with Gasteiger partial charge in [-0.15, -0.1) is 9.24 Å². The third kappa shape index (κ3) is 5.11. The molecule has 0 radical (unpaired) electrons. The lowest BCUT2D eigenvalue weighted by Crippen LogP contribution is -2.32. The van der Waals surface area contributed by atoms with Crippen molar-refractivity contribution in [1.82, 2.24) is 9.62 Å². The quantitative estimate of drug-likeness (QED) is 0.619. The second-order valence-electron chi connectivity index (χ2n) is 6.82. The molecule has 134 valence electrons. The van der Waals surface area contributed by atoms with Crippen LogP contribution in [0.15, 0.2) is 12.1 Å². The topological polar surface area (TPSA) is 41.6 Å². The first-order valence-electron chi connectivity index (χ1n) is 8.50. The van der Waals surface area contributed by atoms with Crippen LogP contribution in [0.2, 0.25) is 0 Å². The number of rotatable bonds is 6.